The number of fused-ring (bicyclic) bond motifs is 12. The van der Waals surface area contributed by atoms with Crippen molar-refractivity contribution in [2.75, 3.05) is 54.1 Å². The summed E-state index contributed by atoms with van der Waals surface area (Å²) >= 11 is 14.3. The zero-order valence-corrected chi connectivity index (χ0v) is 67.2. The molecule has 6 aromatic rings. The fourth-order valence-electron chi connectivity index (χ4n) is 17.6. The number of phenols is 1. The van der Waals surface area contributed by atoms with Crippen molar-refractivity contribution in [3.63, 3.8) is 0 Å². The molecule has 37 heteroatoms. The molecular formula is C83H95Cl2N11O24. The average molecular weight is 1700 g/mol. The summed E-state index contributed by atoms with van der Waals surface area (Å²) in [5, 5.41) is 135. The molecule has 0 radical (unpaired) electrons. The predicted octanol–water partition coefficient (Wildman–Crippen LogP) is 1.48. The number of carbonyl (C=O) groups excluding carboxylic acids is 9. The number of hydrogen-bond acceptors (Lipinski definition) is 27. The summed E-state index contributed by atoms with van der Waals surface area (Å²) in [6.45, 7) is 3.66. The van der Waals surface area contributed by atoms with Gasteiger partial charge in [0.1, 0.15) is 115 Å². The van der Waals surface area contributed by atoms with E-state index in [1.165, 1.54) is 67.7 Å². The second-order valence-corrected chi connectivity index (χ2v) is 32.9. The predicted molar refractivity (Wildman–Crippen MR) is 425 cm³/mol. The molecule has 0 spiro atoms. The summed E-state index contributed by atoms with van der Waals surface area (Å²) in [4.78, 5) is 139. The van der Waals surface area contributed by atoms with E-state index < -0.39 is 191 Å². The molecule has 0 aromatic heterocycles. The Hall–Kier alpha value is -10.4. The van der Waals surface area contributed by atoms with E-state index in [4.69, 9.17) is 51.6 Å². The van der Waals surface area contributed by atoms with E-state index in [1.54, 1.807) is 14.1 Å². The number of likely N-dealkylation sites (N-methyl/N-ethyl adjacent to an activating group) is 3. The molecule has 6 heterocycles. The molecule has 120 heavy (non-hydrogen) atoms. The summed E-state index contributed by atoms with van der Waals surface area (Å²) in [6, 6.07) is 4.59. The zero-order chi connectivity index (χ0) is 85.6. The number of carbonyl (C=O) groups is 9. The Kier molecular flexibility index (Phi) is 25.6. The minimum Gasteiger partial charge on any atom is -0.508 e. The van der Waals surface area contributed by atoms with Crippen LogP contribution in [0.2, 0.25) is 10.0 Å². The Morgan fingerprint density at radius 2 is 1.20 bits per heavy atom. The largest absolute Gasteiger partial charge is 0.508 e. The van der Waals surface area contributed by atoms with E-state index in [1.807, 2.05) is 13.8 Å². The number of hydrogen-bond donors (Lipinski definition) is 20. The average Bonchev–Trinajstić information content (AvgIpc) is 1.55. The third-order valence-electron chi connectivity index (χ3n) is 23.4. The Bertz CT molecular complexity index is 4940. The number of aliphatic hydroxyl groups is 8. The van der Waals surface area contributed by atoms with E-state index in [2.05, 4.69) is 58.5 Å². The number of phenolic OH excluding ortho intramolecular Hbond substituents is 1. The zero-order valence-electron chi connectivity index (χ0n) is 65.7. The first-order valence-electron chi connectivity index (χ1n) is 39.6. The summed E-state index contributed by atoms with van der Waals surface area (Å²) in [7, 11) is 4.86. The van der Waals surface area contributed by atoms with Crippen LogP contribution in [0.25, 0.3) is 11.1 Å². The molecule has 5 fully saturated rings. The number of aliphatic hydroxyl groups excluding tert-OH is 6. The molecular weight excluding hydrogens is 1610 g/mol. The fourth-order valence-corrected chi connectivity index (χ4v) is 18.0. The van der Waals surface area contributed by atoms with Crippen LogP contribution >= 0.6 is 23.2 Å². The van der Waals surface area contributed by atoms with Gasteiger partial charge in [0.25, 0.3) is 5.91 Å². The highest BCUT2D eigenvalue weighted by molar-refractivity contribution is 6.32. The summed E-state index contributed by atoms with van der Waals surface area (Å²) in [5.41, 5.74) is -2.39. The molecule has 35 nitrogen and oxygen atoms in total. The smallest absolute Gasteiger partial charge is 0.258 e. The van der Waals surface area contributed by atoms with Gasteiger partial charge in [-0.3, -0.25) is 48.5 Å². The minimum absolute atomic E-state index is 0.0727. The maximum absolute atomic E-state index is 16.6. The second kappa shape index (κ2) is 35.8. The number of aromatic hydroxyl groups is 1. The van der Waals surface area contributed by atoms with Gasteiger partial charge < -0.3 is 128 Å². The third-order valence-corrected chi connectivity index (χ3v) is 24.0. The number of rotatable bonds is 21. The molecule has 1 saturated heterocycles. The van der Waals surface area contributed by atoms with Crippen molar-refractivity contribution in [2.45, 2.75) is 156 Å². The molecule has 5 aliphatic carbocycles. The van der Waals surface area contributed by atoms with Crippen LogP contribution in [0.1, 0.15) is 138 Å². The van der Waals surface area contributed by atoms with Crippen molar-refractivity contribution in [3.8, 4) is 57.1 Å². The van der Waals surface area contributed by atoms with Gasteiger partial charge in [-0.25, -0.2) is 0 Å². The molecule has 6 aromatic carbocycles. The van der Waals surface area contributed by atoms with Crippen LogP contribution in [0.4, 0.5) is 0 Å². The van der Waals surface area contributed by atoms with Gasteiger partial charge in [-0.2, -0.15) is 0 Å². The first kappa shape index (κ1) is 86.0. The molecule has 15 bridgehead atoms. The van der Waals surface area contributed by atoms with Gasteiger partial charge in [0.05, 0.1) is 29.1 Å². The van der Waals surface area contributed by atoms with Gasteiger partial charge in [0.15, 0.2) is 11.5 Å². The maximum atomic E-state index is 16.6. The van der Waals surface area contributed by atoms with Gasteiger partial charge in [0, 0.05) is 41.9 Å². The molecule has 0 unspecified atom stereocenters. The van der Waals surface area contributed by atoms with Crippen LogP contribution in [0, 0.1) is 29.6 Å². The second-order valence-electron chi connectivity index (χ2n) is 32.0. The van der Waals surface area contributed by atoms with Crippen LogP contribution in [0.15, 0.2) is 97.1 Å². The van der Waals surface area contributed by atoms with Crippen LogP contribution in [0.3, 0.4) is 0 Å². The van der Waals surface area contributed by atoms with E-state index in [9.17, 15) is 60.3 Å². The number of imide groups is 1. The van der Waals surface area contributed by atoms with Crippen molar-refractivity contribution in [2.24, 2.45) is 29.6 Å². The summed E-state index contributed by atoms with van der Waals surface area (Å²) in [6.07, 6.45) is -10.9. The van der Waals surface area contributed by atoms with Crippen LogP contribution in [0.5, 0.6) is 46.0 Å². The standard InChI is InChI=1S/C83H95Cl2N11O24/c1-34(2)16-53(88-5)75(106)95-66-68(100)38-7-10-55(51(84)25-38)117-57-27-42-28-58(73(57)120-82-72(104)71(103)70(102)59(33-97)119-82)118-56-11-8-39(26-52(56)85)69(101)67-81(112)94-65(79(110)91-62-40-18-35-17-36(20-40)21-41(62)19-35)48-29-44(98)30-50-61(48)47-24-37(6-9-49(47)83(50,113)114)63(77(108)96-67)93-78(109)64(42)92-76(107)54(89-80(66)111)32-60(99)90-74(105)43-22-45(115-14-12-86-3)31-46(23-43)116-15-13-87-4/h6-11,22-31,34-36,40-41,53-54,59,62-72,82,86-88,97-98,100-104,113-114H,12-21,32-33H2,1-5H3,(H,89,111)(H,91,110)(H,92,107)(H,93,109)(H,94,112)(H,95,106)(H,96,108)(H,90,99,105)/t35?,36?,40?,41?,53-,54+,59-,62?,63-,64-,65+,66-,67+,68-,69-,70-,71+,72-,82+/m1/s1. The monoisotopic (exact) mass is 1700 g/mol. The van der Waals surface area contributed by atoms with Crippen molar-refractivity contribution in [1.82, 2.24) is 58.5 Å². The summed E-state index contributed by atoms with van der Waals surface area (Å²) < 4.78 is 37.3. The Labute approximate surface area is 697 Å². The van der Waals surface area contributed by atoms with Crippen molar-refractivity contribution >= 4 is 76.4 Å². The van der Waals surface area contributed by atoms with Crippen molar-refractivity contribution < 1.29 is 118 Å². The highest BCUT2D eigenvalue weighted by Gasteiger charge is 2.52. The molecule has 6 aliphatic heterocycles. The number of nitrogens with one attached hydrogen (secondary N) is 11. The number of halogens is 2. The lowest BCUT2D eigenvalue weighted by Crippen LogP contribution is -2.60. The van der Waals surface area contributed by atoms with Crippen molar-refractivity contribution in [3.05, 3.63) is 152 Å². The fraction of sp³-hybridized carbons (Fsp3) is 0.458. The Morgan fingerprint density at radius 1 is 0.608 bits per heavy atom. The molecule has 4 saturated carbocycles. The third kappa shape index (κ3) is 17.7. The molecule has 20 N–H and O–H groups in total. The van der Waals surface area contributed by atoms with E-state index in [0.29, 0.717) is 24.9 Å². The maximum Gasteiger partial charge on any atom is 0.258 e. The molecule has 11 aliphatic rings. The lowest BCUT2D eigenvalue weighted by atomic mass is 9.54. The molecule has 9 amide bonds. The lowest BCUT2D eigenvalue weighted by Gasteiger charge is -2.54. The van der Waals surface area contributed by atoms with Crippen LogP contribution in [-0.4, -0.2) is 214 Å². The first-order chi connectivity index (χ1) is 57.3. The molecule has 17 rings (SSSR count). The van der Waals surface area contributed by atoms with Crippen molar-refractivity contribution in [1.29, 1.82) is 0 Å². The molecule has 14 atom stereocenters. The van der Waals surface area contributed by atoms with Crippen LogP contribution in [-0.2, 0) is 48.9 Å². The number of amides is 9. The van der Waals surface area contributed by atoms with Gasteiger partial charge in [-0.1, -0.05) is 61.3 Å². The van der Waals surface area contributed by atoms with E-state index in [-0.39, 0.29) is 122 Å². The topological polar surface area (TPSA) is 523 Å². The van der Waals surface area contributed by atoms with Gasteiger partial charge in [-0.15, -0.1) is 0 Å². The quantitative estimate of drug-likeness (QED) is 0.0358. The summed E-state index contributed by atoms with van der Waals surface area (Å²) in [5.74, 6) is -15.9. The van der Waals surface area contributed by atoms with E-state index in [0.717, 1.165) is 68.5 Å². The number of ether oxygens (including phenoxy) is 6. The molecule has 640 valence electrons. The highest BCUT2D eigenvalue weighted by Crippen LogP contribution is 2.56. The lowest BCUT2D eigenvalue weighted by molar-refractivity contribution is -0.277. The SMILES string of the molecule is CNCCOc1cc(OCCNC)cc(C(=O)NC(=O)C[C@@H]2NC(=O)[C@H](NC(=O)[C@@H](CC(C)C)NC)[C@H](O)c3ccc(c(Cl)c3)Oc3cc4cc(c3O[C@@H]3O[C@H](CO)[C@@H](O)[C@H](O)[C@H]3O)Oc3ccc(cc3Cl)[C@@H](O)[C@@H]3NC(=O)[C@H](NC(=O)[C@@H]4NC2=O)c2ccc4c(c2)-c2c(cc(O)cc2C4(O)O)[C@@H](C(=O)NC2C4CC5CC(C4)CC2C5)NC3=O)c1. The minimum atomic E-state index is -2.99. The number of benzene rings is 6. The normalized spacial score (nSPS) is 27.9. The van der Waals surface area contributed by atoms with Gasteiger partial charge >= 0.3 is 0 Å². The first-order valence-corrected chi connectivity index (χ1v) is 40.3. The van der Waals surface area contributed by atoms with E-state index >= 15 is 28.8 Å². The van der Waals surface area contributed by atoms with Gasteiger partial charge in [0.2, 0.25) is 65.1 Å². The Balaban J connectivity index is 0.950. The van der Waals surface area contributed by atoms with Gasteiger partial charge in [-0.05, 0) is 195 Å². The highest BCUT2D eigenvalue weighted by atomic mass is 35.5. The van der Waals surface area contributed by atoms with Crippen LogP contribution < -0.4 is 82.2 Å². The Morgan fingerprint density at radius 3 is 1.79 bits per heavy atom.